The number of pyridine rings is 1. The van der Waals surface area contributed by atoms with Crippen molar-refractivity contribution in [1.82, 2.24) is 4.57 Å². The molecule has 126 valence electrons. The third-order valence-electron chi connectivity index (χ3n) is 3.74. The van der Waals surface area contributed by atoms with Crippen molar-refractivity contribution in [3.8, 4) is 5.75 Å². The zero-order valence-corrected chi connectivity index (χ0v) is 15.2. The molecular formula is C19H26ClNO2. The Morgan fingerprint density at radius 2 is 1.83 bits per heavy atom. The van der Waals surface area contributed by atoms with Crippen LogP contribution in [0.15, 0.2) is 29.1 Å². The van der Waals surface area contributed by atoms with Crippen molar-refractivity contribution in [2.45, 2.75) is 53.0 Å². The summed E-state index contributed by atoms with van der Waals surface area (Å²) in [6.45, 7) is 9.73. The number of hydrogen-bond acceptors (Lipinski definition) is 2. The summed E-state index contributed by atoms with van der Waals surface area (Å²) in [6, 6.07) is 7.62. The average Bonchev–Trinajstić information content (AvgIpc) is 2.50. The number of ether oxygens (including phenoxy) is 1. The van der Waals surface area contributed by atoms with E-state index in [1.807, 2.05) is 24.3 Å². The van der Waals surface area contributed by atoms with Crippen molar-refractivity contribution in [3.05, 3.63) is 40.3 Å². The Kier molecular flexibility index (Phi) is 5.74. The van der Waals surface area contributed by atoms with Crippen molar-refractivity contribution in [1.29, 1.82) is 0 Å². The fraction of sp³-hybridized carbons (Fsp3) is 0.526. The molecule has 1 aromatic heterocycles. The maximum atomic E-state index is 12.9. The predicted molar refractivity (Wildman–Crippen MR) is 97.6 cm³/mol. The minimum Gasteiger partial charge on any atom is -0.491 e. The Morgan fingerprint density at radius 3 is 2.39 bits per heavy atom. The first-order valence-corrected chi connectivity index (χ1v) is 8.75. The number of alkyl halides is 1. The van der Waals surface area contributed by atoms with Gasteiger partial charge in [0.25, 0.3) is 5.56 Å². The second kappa shape index (κ2) is 7.39. The molecule has 0 atom stereocenters. The van der Waals surface area contributed by atoms with Crippen LogP contribution in [0.1, 0.15) is 46.2 Å². The minimum atomic E-state index is -0.0201. The molecule has 0 fully saturated rings. The van der Waals surface area contributed by atoms with Crippen LogP contribution in [0.2, 0.25) is 0 Å². The lowest BCUT2D eigenvalue weighted by atomic mass is 9.96. The van der Waals surface area contributed by atoms with E-state index < -0.39 is 0 Å². The van der Waals surface area contributed by atoms with Gasteiger partial charge in [-0.15, -0.1) is 11.6 Å². The van der Waals surface area contributed by atoms with Gasteiger partial charge in [0.2, 0.25) is 0 Å². The molecule has 0 aliphatic carbocycles. The average molecular weight is 336 g/mol. The lowest BCUT2D eigenvalue weighted by Gasteiger charge is -2.24. The van der Waals surface area contributed by atoms with Gasteiger partial charge in [0.15, 0.2) is 0 Å². The highest BCUT2D eigenvalue weighted by Gasteiger charge is 2.21. The normalized spacial score (nSPS) is 11.9. The SMILES string of the molecule is CCCCOc1c(CCl)n(CC(C)(C)C)c(=O)c2ccccc12. The number of unbranched alkanes of at least 4 members (excludes halogenated alkanes) is 1. The van der Waals surface area contributed by atoms with E-state index in [9.17, 15) is 4.79 Å². The highest BCUT2D eigenvalue weighted by atomic mass is 35.5. The minimum absolute atomic E-state index is 0.00835. The molecule has 0 saturated carbocycles. The van der Waals surface area contributed by atoms with Crippen LogP contribution in [-0.2, 0) is 12.4 Å². The Labute approximate surface area is 143 Å². The lowest BCUT2D eigenvalue weighted by molar-refractivity contribution is 0.297. The molecule has 1 aromatic carbocycles. The molecule has 0 aliphatic rings. The smallest absolute Gasteiger partial charge is 0.258 e. The second-order valence-corrected chi connectivity index (χ2v) is 7.38. The van der Waals surface area contributed by atoms with Crippen LogP contribution in [0, 0.1) is 5.41 Å². The van der Waals surface area contributed by atoms with Gasteiger partial charge in [-0.2, -0.15) is 0 Å². The zero-order chi connectivity index (χ0) is 17.0. The molecular weight excluding hydrogens is 310 g/mol. The Balaban J connectivity index is 2.69. The summed E-state index contributed by atoms with van der Waals surface area (Å²) in [6.07, 6.45) is 2.05. The van der Waals surface area contributed by atoms with Gasteiger partial charge in [-0.25, -0.2) is 0 Å². The Bertz CT molecular complexity index is 728. The summed E-state index contributed by atoms with van der Waals surface area (Å²) in [4.78, 5) is 12.9. The van der Waals surface area contributed by atoms with E-state index in [2.05, 4.69) is 27.7 Å². The third kappa shape index (κ3) is 4.08. The fourth-order valence-electron chi connectivity index (χ4n) is 2.67. The predicted octanol–water partition coefficient (Wildman–Crippen LogP) is 4.97. The summed E-state index contributed by atoms with van der Waals surface area (Å²) in [5.74, 6) is 1.02. The number of fused-ring (bicyclic) bond motifs is 1. The molecule has 0 radical (unpaired) electrons. The molecule has 0 aliphatic heterocycles. The highest BCUT2D eigenvalue weighted by Crippen LogP contribution is 2.30. The molecule has 0 unspecified atom stereocenters. The fourth-order valence-corrected chi connectivity index (χ4v) is 2.93. The van der Waals surface area contributed by atoms with Gasteiger partial charge in [-0.1, -0.05) is 52.3 Å². The van der Waals surface area contributed by atoms with E-state index in [1.54, 1.807) is 4.57 Å². The molecule has 2 aromatic rings. The topological polar surface area (TPSA) is 31.2 Å². The van der Waals surface area contributed by atoms with Crippen molar-refractivity contribution < 1.29 is 4.74 Å². The molecule has 0 N–H and O–H groups in total. The quantitative estimate of drug-likeness (QED) is 0.551. The zero-order valence-electron chi connectivity index (χ0n) is 14.5. The number of hydrogen-bond donors (Lipinski definition) is 0. The summed E-state index contributed by atoms with van der Waals surface area (Å²) in [7, 11) is 0. The van der Waals surface area contributed by atoms with E-state index >= 15 is 0 Å². The van der Waals surface area contributed by atoms with Crippen molar-refractivity contribution in [2.75, 3.05) is 6.61 Å². The van der Waals surface area contributed by atoms with E-state index in [1.165, 1.54) is 0 Å². The van der Waals surface area contributed by atoms with Crippen LogP contribution in [0.5, 0.6) is 5.75 Å². The van der Waals surface area contributed by atoms with Crippen LogP contribution in [-0.4, -0.2) is 11.2 Å². The van der Waals surface area contributed by atoms with E-state index in [0.29, 0.717) is 18.5 Å². The Morgan fingerprint density at radius 1 is 1.17 bits per heavy atom. The standard InChI is InChI=1S/C19H26ClNO2/c1-5-6-11-23-17-14-9-7-8-10-15(14)18(22)21(16(17)12-20)13-19(2,3)4/h7-10H,5-6,11-13H2,1-4H3. The van der Waals surface area contributed by atoms with Crippen LogP contribution in [0.25, 0.3) is 10.8 Å². The number of aromatic nitrogens is 1. The first-order valence-electron chi connectivity index (χ1n) is 8.22. The summed E-state index contributed by atoms with van der Waals surface area (Å²) >= 11 is 6.21. The Hall–Kier alpha value is -1.48. The maximum absolute atomic E-state index is 12.9. The summed E-state index contributed by atoms with van der Waals surface area (Å²) < 4.78 is 7.84. The van der Waals surface area contributed by atoms with Crippen LogP contribution in [0.3, 0.4) is 0 Å². The van der Waals surface area contributed by atoms with Crippen LogP contribution >= 0.6 is 11.6 Å². The first kappa shape index (κ1) is 17.9. The van der Waals surface area contributed by atoms with Gasteiger partial charge >= 0.3 is 0 Å². The van der Waals surface area contributed by atoms with Gasteiger partial charge in [-0.05, 0) is 17.9 Å². The van der Waals surface area contributed by atoms with E-state index in [4.69, 9.17) is 16.3 Å². The number of benzene rings is 1. The van der Waals surface area contributed by atoms with Gasteiger partial charge in [0, 0.05) is 11.9 Å². The molecule has 0 bridgehead atoms. The summed E-state index contributed by atoms with van der Waals surface area (Å²) in [5.41, 5.74) is 0.767. The van der Waals surface area contributed by atoms with Crippen LogP contribution in [0.4, 0.5) is 0 Å². The summed E-state index contributed by atoms with van der Waals surface area (Å²) in [5, 5.41) is 1.55. The number of halogens is 1. The number of rotatable bonds is 6. The lowest BCUT2D eigenvalue weighted by Crippen LogP contribution is -2.30. The van der Waals surface area contributed by atoms with Gasteiger partial charge in [-0.3, -0.25) is 4.79 Å². The molecule has 3 nitrogen and oxygen atoms in total. The molecule has 0 spiro atoms. The van der Waals surface area contributed by atoms with Gasteiger partial charge < -0.3 is 9.30 Å². The third-order valence-corrected chi connectivity index (χ3v) is 3.99. The first-order chi connectivity index (χ1) is 10.9. The van der Waals surface area contributed by atoms with Crippen molar-refractivity contribution in [2.24, 2.45) is 5.41 Å². The van der Waals surface area contributed by atoms with E-state index in [0.717, 1.165) is 29.7 Å². The molecule has 0 saturated heterocycles. The molecule has 2 rings (SSSR count). The van der Waals surface area contributed by atoms with Crippen LogP contribution < -0.4 is 10.3 Å². The van der Waals surface area contributed by atoms with Crippen molar-refractivity contribution >= 4 is 22.4 Å². The molecule has 0 amide bonds. The van der Waals surface area contributed by atoms with Crippen molar-refractivity contribution in [3.63, 3.8) is 0 Å². The van der Waals surface area contributed by atoms with Gasteiger partial charge in [0.1, 0.15) is 5.75 Å². The highest BCUT2D eigenvalue weighted by molar-refractivity contribution is 6.17. The maximum Gasteiger partial charge on any atom is 0.258 e. The van der Waals surface area contributed by atoms with Gasteiger partial charge in [0.05, 0.1) is 23.6 Å². The van der Waals surface area contributed by atoms with E-state index in [-0.39, 0.29) is 16.9 Å². The second-order valence-electron chi connectivity index (χ2n) is 7.11. The number of nitrogens with zero attached hydrogens (tertiary/aromatic N) is 1. The molecule has 1 heterocycles. The monoisotopic (exact) mass is 335 g/mol. The molecule has 23 heavy (non-hydrogen) atoms. The largest absolute Gasteiger partial charge is 0.491 e. The molecule has 4 heteroatoms.